The van der Waals surface area contributed by atoms with Gasteiger partial charge in [0.25, 0.3) is 5.91 Å². The zero-order valence-electron chi connectivity index (χ0n) is 16.5. The van der Waals surface area contributed by atoms with Crippen LogP contribution < -0.4 is 10.6 Å². The highest BCUT2D eigenvalue weighted by Gasteiger charge is 2.34. The van der Waals surface area contributed by atoms with Crippen LogP contribution in [0.2, 0.25) is 0 Å². The maximum Gasteiger partial charge on any atom is 0.401 e. The third-order valence-corrected chi connectivity index (χ3v) is 4.53. The molecule has 0 aliphatic carbocycles. The van der Waals surface area contributed by atoms with E-state index in [1.807, 2.05) is 18.2 Å². The highest BCUT2D eigenvalue weighted by Crippen LogP contribution is 2.19. The van der Waals surface area contributed by atoms with Gasteiger partial charge in [-0.3, -0.25) is 14.7 Å². The van der Waals surface area contributed by atoms with Crippen molar-refractivity contribution in [2.45, 2.75) is 25.1 Å². The van der Waals surface area contributed by atoms with Crippen LogP contribution in [0.25, 0.3) is 0 Å². The quantitative estimate of drug-likeness (QED) is 0.565. The normalized spacial score (nSPS) is 18.2. The number of halogens is 3. The molecular formula is C19H28F3N5O. The molecule has 1 atom stereocenters. The SMILES string of the molecule is CN=C(NCCc1cccc(C(=O)N(C)C)c1)NC1CCN(CC(F)(F)F)C1. The fourth-order valence-corrected chi connectivity index (χ4v) is 3.18. The van der Waals surface area contributed by atoms with Crippen molar-refractivity contribution in [3.8, 4) is 0 Å². The summed E-state index contributed by atoms with van der Waals surface area (Å²) in [6.45, 7) is 0.479. The number of rotatable bonds is 6. The molecule has 0 spiro atoms. The van der Waals surface area contributed by atoms with Gasteiger partial charge in [0, 0.05) is 52.4 Å². The van der Waals surface area contributed by atoms with Gasteiger partial charge in [-0.1, -0.05) is 12.1 Å². The van der Waals surface area contributed by atoms with E-state index >= 15 is 0 Å². The number of hydrogen-bond acceptors (Lipinski definition) is 3. The number of nitrogens with zero attached hydrogens (tertiary/aromatic N) is 3. The fraction of sp³-hybridized carbons (Fsp3) is 0.579. The zero-order valence-corrected chi connectivity index (χ0v) is 16.5. The number of benzene rings is 1. The van der Waals surface area contributed by atoms with E-state index < -0.39 is 12.7 Å². The van der Waals surface area contributed by atoms with E-state index in [1.165, 1.54) is 9.80 Å². The lowest BCUT2D eigenvalue weighted by Gasteiger charge is -2.20. The van der Waals surface area contributed by atoms with Gasteiger partial charge in [-0.15, -0.1) is 0 Å². The lowest BCUT2D eigenvalue weighted by atomic mass is 10.1. The van der Waals surface area contributed by atoms with Crippen molar-refractivity contribution in [1.82, 2.24) is 20.4 Å². The highest BCUT2D eigenvalue weighted by molar-refractivity contribution is 5.94. The smallest absolute Gasteiger partial charge is 0.356 e. The van der Waals surface area contributed by atoms with Gasteiger partial charge in [0.15, 0.2) is 5.96 Å². The number of nitrogens with one attached hydrogen (secondary N) is 2. The van der Waals surface area contributed by atoms with E-state index in [0.29, 0.717) is 44.0 Å². The molecule has 1 aromatic carbocycles. The predicted molar refractivity (Wildman–Crippen MR) is 104 cm³/mol. The summed E-state index contributed by atoms with van der Waals surface area (Å²) in [5.74, 6) is 0.524. The van der Waals surface area contributed by atoms with Crippen LogP contribution in [0.3, 0.4) is 0 Å². The number of carbonyl (C=O) groups excluding carboxylic acids is 1. The second-order valence-electron chi connectivity index (χ2n) is 7.13. The van der Waals surface area contributed by atoms with Crippen LogP contribution in [-0.2, 0) is 6.42 Å². The largest absolute Gasteiger partial charge is 0.401 e. The van der Waals surface area contributed by atoms with E-state index in [1.54, 1.807) is 27.2 Å². The highest BCUT2D eigenvalue weighted by atomic mass is 19.4. The van der Waals surface area contributed by atoms with E-state index in [2.05, 4.69) is 15.6 Å². The Morgan fingerprint density at radius 2 is 2.11 bits per heavy atom. The molecule has 156 valence electrons. The third-order valence-electron chi connectivity index (χ3n) is 4.53. The van der Waals surface area contributed by atoms with E-state index in [4.69, 9.17) is 0 Å². The van der Waals surface area contributed by atoms with Gasteiger partial charge in [-0.2, -0.15) is 13.2 Å². The van der Waals surface area contributed by atoms with Gasteiger partial charge in [0.1, 0.15) is 0 Å². The molecular weight excluding hydrogens is 371 g/mol. The molecule has 9 heteroatoms. The van der Waals surface area contributed by atoms with Crippen molar-refractivity contribution in [1.29, 1.82) is 0 Å². The van der Waals surface area contributed by atoms with Crippen molar-refractivity contribution in [2.24, 2.45) is 4.99 Å². The minimum Gasteiger partial charge on any atom is -0.356 e. The summed E-state index contributed by atoms with van der Waals surface area (Å²) in [5, 5.41) is 6.36. The summed E-state index contributed by atoms with van der Waals surface area (Å²) in [7, 11) is 5.06. The summed E-state index contributed by atoms with van der Waals surface area (Å²) in [6.07, 6.45) is -2.83. The Morgan fingerprint density at radius 3 is 2.75 bits per heavy atom. The molecule has 0 saturated carbocycles. The average Bonchev–Trinajstić information content (AvgIpc) is 3.05. The Bertz CT molecular complexity index is 690. The Balaban J connectivity index is 1.79. The van der Waals surface area contributed by atoms with Crippen molar-refractivity contribution >= 4 is 11.9 Å². The van der Waals surface area contributed by atoms with E-state index in [-0.39, 0.29) is 11.9 Å². The molecule has 1 saturated heterocycles. The van der Waals surface area contributed by atoms with Crippen LogP contribution in [0.5, 0.6) is 0 Å². The molecule has 1 fully saturated rings. The maximum atomic E-state index is 12.5. The van der Waals surface area contributed by atoms with Crippen LogP contribution in [-0.4, -0.2) is 81.2 Å². The van der Waals surface area contributed by atoms with Gasteiger partial charge >= 0.3 is 6.18 Å². The Labute approximate surface area is 163 Å². The molecule has 1 aliphatic rings. The van der Waals surface area contributed by atoms with Crippen molar-refractivity contribution in [3.63, 3.8) is 0 Å². The number of alkyl halides is 3. The molecule has 1 aromatic rings. The first-order chi connectivity index (χ1) is 13.2. The number of guanidine groups is 1. The van der Waals surface area contributed by atoms with Crippen molar-refractivity contribution in [2.75, 3.05) is 47.3 Å². The second-order valence-corrected chi connectivity index (χ2v) is 7.13. The van der Waals surface area contributed by atoms with E-state index in [0.717, 1.165) is 5.56 Å². The first-order valence-electron chi connectivity index (χ1n) is 9.25. The molecule has 0 bridgehead atoms. The van der Waals surface area contributed by atoms with Crippen LogP contribution in [0.4, 0.5) is 13.2 Å². The van der Waals surface area contributed by atoms with Gasteiger partial charge in [0.05, 0.1) is 6.54 Å². The molecule has 2 N–H and O–H groups in total. The molecule has 1 amide bonds. The maximum absolute atomic E-state index is 12.5. The van der Waals surface area contributed by atoms with Crippen LogP contribution in [0.1, 0.15) is 22.3 Å². The first-order valence-corrected chi connectivity index (χ1v) is 9.25. The summed E-state index contributed by atoms with van der Waals surface area (Å²) in [4.78, 5) is 19.1. The second kappa shape index (κ2) is 9.77. The summed E-state index contributed by atoms with van der Waals surface area (Å²) in [5.41, 5.74) is 1.66. The van der Waals surface area contributed by atoms with Crippen LogP contribution >= 0.6 is 0 Å². The molecule has 1 unspecified atom stereocenters. The molecule has 28 heavy (non-hydrogen) atoms. The summed E-state index contributed by atoms with van der Waals surface area (Å²) in [6, 6.07) is 7.40. The first kappa shape index (κ1) is 22.0. The molecule has 2 rings (SSSR count). The van der Waals surface area contributed by atoms with E-state index in [9.17, 15) is 18.0 Å². The molecule has 6 nitrogen and oxygen atoms in total. The van der Waals surface area contributed by atoms with Gasteiger partial charge in [-0.25, -0.2) is 0 Å². The standard InChI is InChI=1S/C19H28F3N5O/c1-23-18(25-16-8-10-27(12-16)13-19(20,21)22)24-9-7-14-5-4-6-15(11-14)17(28)26(2)3/h4-6,11,16H,7-10,12-13H2,1-3H3,(H2,23,24,25). The minimum absolute atomic E-state index is 0.0445. The topological polar surface area (TPSA) is 60.0 Å². The Kier molecular flexibility index (Phi) is 7.68. The third kappa shape index (κ3) is 7.03. The lowest BCUT2D eigenvalue weighted by Crippen LogP contribution is -2.45. The number of carbonyl (C=O) groups is 1. The monoisotopic (exact) mass is 399 g/mol. The number of aliphatic imine (C=N–C) groups is 1. The zero-order chi connectivity index (χ0) is 20.7. The predicted octanol–water partition coefficient (Wildman–Crippen LogP) is 1.73. The number of amides is 1. The number of likely N-dealkylation sites (tertiary alicyclic amines) is 1. The van der Waals surface area contributed by atoms with Crippen molar-refractivity contribution in [3.05, 3.63) is 35.4 Å². The fourth-order valence-electron chi connectivity index (χ4n) is 3.18. The average molecular weight is 399 g/mol. The summed E-state index contributed by atoms with van der Waals surface area (Å²) < 4.78 is 37.5. The number of hydrogen-bond donors (Lipinski definition) is 2. The molecule has 0 radical (unpaired) electrons. The van der Waals surface area contributed by atoms with Gasteiger partial charge < -0.3 is 15.5 Å². The molecule has 0 aromatic heterocycles. The van der Waals surface area contributed by atoms with Gasteiger partial charge in [0.2, 0.25) is 0 Å². The van der Waals surface area contributed by atoms with Crippen molar-refractivity contribution < 1.29 is 18.0 Å². The van der Waals surface area contributed by atoms with Crippen LogP contribution in [0, 0.1) is 0 Å². The minimum atomic E-state index is -4.17. The molecule has 1 aliphatic heterocycles. The Hall–Kier alpha value is -2.29. The summed E-state index contributed by atoms with van der Waals surface area (Å²) >= 11 is 0. The Morgan fingerprint density at radius 1 is 1.36 bits per heavy atom. The van der Waals surface area contributed by atoms with Gasteiger partial charge in [-0.05, 0) is 30.5 Å². The van der Waals surface area contributed by atoms with Crippen LogP contribution in [0.15, 0.2) is 29.3 Å². The molecule has 1 heterocycles. The lowest BCUT2D eigenvalue weighted by molar-refractivity contribution is -0.143.